The number of rotatable bonds is 6. The molecule has 1 amide bonds. The maximum Gasteiger partial charge on any atom is 0.261 e. The summed E-state index contributed by atoms with van der Waals surface area (Å²) < 4.78 is 30.3. The summed E-state index contributed by atoms with van der Waals surface area (Å²) in [6.45, 7) is 3.50. The fourth-order valence-electron chi connectivity index (χ4n) is 2.67. The third-order valence-corrected chi connectivity index (χ3v) is 5.49. The Labute approximate surface area is 157 Å². The number of sulfonamides is 1. The van der Waals surface area contributed by atoms with Gasteiger partial charge in [0.1, 0.15) is 11.4 Å². The molecule has 0 aliphatic carbocycles. The summed E-state index contributed by atoms with van der Waals surface area (Å²) in [6.07, 6.45) is 5.15. The zero-order valence-corrected chi connectivity index (χ0v) is 16.1. The number of benzene rings is 1. The van der Waals surface area contributed by atoms with Crippen LogP contribution < -0.4 is 10.0 Å². The van der Waals surface area contributed by atoms with Gasteiger partial charge in [0.2, 0.25) is 10.0 Å². The summed E-state index contributed by atoms with van der Waals surface area (Å²) in [5.41, 5.74) is 0.901. The van der Waals surface area contributed by atoms with E-state index in [0.717, 1.165) is 0 Å². The molecule has 0 aliphatic rings. The van der Waals surface area contributed by atoms with E-state index in [0.29, 0.717) is 17.1 Å². The first kappa shape index (κ1) is 18.9. The van der Waals surface area contributed by atoms with Crippen molar-refractivity contribution < 1.29 is 13.2 Å². The lowest BCUT2D eigenvalue weighted by molar-refractivity contribution is 0.102. The van der Waals surface area contributed by atoms with Crippen molar-refractivity contribution in [1.82, 2.24) is 19.1 Å². The fraction of sp³-hybridized carbons (Fsp3) is 0.222. The lowest BCUT2D eigenvalue weighted by atomic mass is 10.2. The van der Waals surface area contributed by atoms with Crippen molar-refractivity contribution in [3.05, 3.63) is 60.6 Å². The first-order valence-corrected chi connectivity index (χ1v) is 9.85. The number of nitrogens with one attached hydrogen (secondary N) is 2. The molecule has 2 N–H and O–H groups in total. The molecule has 0 fully saturated rings. The van der Waals surface area contributed by atoms with Crippen molar-refractivity contribution in [1.29, 1.82) is 0 Å². The number of hydrogen-bond donors (Lipinski definition) is 2. The summed E-state index contributed by atoms with van der Waals surface area (Å²) in [5.74, 6) is 0.306. The molecule has 0 saturated heterocycles. The van der Waals surface area contributed by atoms with E-state index in [2.05, 4.69) is 15.1 Å². The highest BCUT2D eigenvalue weighted by molar-refractivity contribution is 7.89. The Bertz CT molecular complexity index is 1040. The Kier molecular flexibility index (Phi) is 5.15. The first-order valence-electron chi connectivity index (χ1n) is 8.37. The number of carbonyl (C=O) groups is 1. The SMILES string of the molecule is CC(C)NS(=O)(=O)c1ccc(NC(=O)c2cnn(C)c2-n2cccc2)cc1. The van der Waals surface area contributed by atoms with E-state index in [1.54, 1.807) is 42.3 Å². The van der Waals surface area contributed by atoms with Crippen LogP contribution in [-0.2, 0) is 17.1 Å². The molecule has 2 aromatic heterocycles. The van der Waals surface area contributed by atoms with Crippen molar-refractivity contribution in [2.75, 3.05) is 5.32 Å². The average molecular weight is 387 g/mol. The van der Waals surface area contributed by atoms with E-state index in [1.807, 2.05) is 24.5 Å². The molecule has 3 aromatic rings. The van der Waals surface area contributed by atoms with Crippen LogP contribution in [0, 0.1) is 0 Å². The average Bonchev–Trinajstić information content (AvgIpc) is 3.23. The molecule has 3 rings (SSSR count). The highest BCUT2D eigenvalue weighted by atomic mass is 32.2. The molecular formula is C18H21N5O3S. The lowest BCUT2D eigenvalue weighted by Crippen LogP contribution is -2.30. The van der Waals surface area contributed by atoms with Crippen molar-refractivity contribution in [2.45, 2.75) is 24.8 Å². The van der Waals surface area contributed by atoms with Crippen LogP contribution in [0.1, 0.15) is 24.2 Å². The molecule has 1 aromatic carbocycles. The van der Waals surface area contributed by atoms with E-state index in [9.17, 15) is 13.2 Å². The standard InChI is InChI=1S/C18H21N5O3S/c1-13(2)21-27(25,26)15-8-6-14(7-9-15)20-17(24)16-12-19-22(3)18(16)23-10-4-5-11-23/h4-13,21H,1-3H3,(H,20,24). The third-order valence-electron chi connectivity index (χ3n) is 3.81. The van der Waals surface area contributed by atoms with Gasteiger partial charge >= 0.3 is 0 Å². The normalized spacial score (nSPS) is 11.7. The molecule has 8 nitrogen and oxygen atoms in total. The molecule has 2 heterocycles. The number of amides is 1. The smallest absolute Gasteiger partial charge is 0.261 e. The van der Waals surface area contributed by atoms with E-state index in [1.165, 1.54) is 18.3 Å². The summed E-state index contributed by atoms with van der Waals surface area (Å²) in [5, 5.41) is 6.93. The van der Waals surface area contributed by atoms with Crippen LogP contribution >= 0.6 is 0 Å². The molecule has 0 atom stereocenters. The van der Waals surface area contributed by atoms with Gasteiger partial charge in [-0.25, -0.2) is 13.1 Å². The quantitative estimate of drug-likeness (QED) is 0.677. The van der Waals surface area contributed by atoms with Gasteiger partial charge in [0, 0.05) is 31.2 Å². The highest BCUT2D eigenvalue weighted by Gasteiger charge is 2.18. The van der Waals surface area contributed by atoms with Gasteiger partial charge in [-0.15, -0.1) is 0 Å². The van der Waals surface area contributed by atoms with Crippen LogP contribution in [0.4, 0.5) is 5.69 Å². The Hall–Kier alpha value is -2.91. The maximum absolute atomic E-state index is 12.7. The summed E-state index contributed by atoms with van der Waals surface area (Å²) in [4.78, 5) is 12.8. The molecule has 0 spiro atoms. The van der Waals surface area contributed by atoms with Gasteiger partial charge < -0.3 is 9.88 Å². The zero-order valence-electron chi connectivity index (χ0n) is 15.2. The zero-order chi connectivity index (χ0) is 19.6. The highest BCUT2D eigenvalue weighted by Crippen LogP contribution is 2.18. The van der Waals surface area contributed by atoms with Crippen LogP contribution in [0.15, 0.2) is 59.9 Å². The van der Waals surface area contributed by atoms with Crippen LogP contribution in [0.3, 0.4) is 0 Å². The van der Waals surface area contributed by atoms with Crippen molar-refractivity contribution in [2.24, 2.45) is 7.05 Å². The summed E-state index contributed by atoms with van der Waals surface area (Å²) in [7, 11) is -1.81. The minimum atomic E-state index is -3.57. The van der Waals surface area contributed by atoms with Gasteiger partial charge in [-0.3, -0.25) is 9.48 Å². The Morgan fingerprint density at radius 3 is 2.33 bits per heavy atom. The van der Waals surface area contributed by atoms with Crippen molar-refractivity contribution in [3.63, 3.8) is 0 Å². The number of anilines is 1. The predicted octanol–water partition coefficient (Wildman–Crippen LogP) is 2.15. The second-order valence-electron chi connectivity index (χ2n) is 6.35. The van der Waals surface area contributed by atoms with E-state index in [4.69, 9.17) is 0 Å². The number of aryl methyl sites for hydroxylation is 1. The first-order chi connectivity index (χ1) is 12.8. The molecule has 0 saturated carbocycles. The maximum atomic E-state index is 12.7. The molecule has 0 bridgehead atoms. The van der Waals surface area contributed by atoms with E-state index in [-0.39, 0.29) is 16.8 Å². The van der Waals surface area contributed by atoms with Gasteiger partial charge in [-0.05, 0) is 50.2 Å². The molecule has 142 valence electrons. The monoisotopic (exact) mass is 387 g/mol. The Morgan fingerprint density at radius 2 is 1.74 bits per heavy atom. The van der Waals surface area contributed by atoms with Crippen molar-refractivity contribution >= 4 is 21.6 Å². The number of aromatic nitrogens is 3. The molecule has 0 radical (unpaired) electrons. The van der Waals surface area contributed by atoms with Crippen LogP contribution in [0.2, 0.25) is 0 Å². The molecule has 27 heavy (non-hydrogen) atoms. The Morgan fingerprint density at radius 1 is 1.11 bits per heavy atom. The molecule has 9 heteroatoms. The largest absolute Gasteiger partial charge is 0.322 e. The molecule has 0 aliphatic heterocycles. The second-order valence-corrected chi connectivity index (χ2v) is 8.06. The topological polar surface area (TPSA) is 98.0 Å². The minimum absolute atomic E-state index is 0.142. The van der Waals surface area contributed by atoms with Gasteiger partial charge in [0.05, 0.1) is 11.1 Å². The van der Waals surface area contributed by atoms with Gasteiger partial charge in [-0.1, -0.05) is 0 Å². The lowest BCUT2D eigenvalue weighted by Gasteiger charge is -2.11. The fourth-order valence-corrected chi connectivity index (χ4v) is 3.92. The van der Waals surface area contributed by atoms with Gasteiger partial charge in [0.25, 0.3) is 5.91 Å². The van der Waals surface area contributed by atoms with E-state index < -0.39 is 10.0 Å². The van der Waals surface area contributed by atoms with Gasteiger partial charge in [0.15, 0.2) is 0 Å². The summed E-state index contributed by atoms with van der Waals surface area (Å²) in [6, 6.07) is 9.54. The number of nitrogens with zero attached hydrogens (tertiary/aromatic N) is 3. The number of hydrogen-bond acceptors (Lipinski definition) is 4. The van der Waals surface area contributed by atoms with Crippen LogP contribution in [0.25, 0.3) is 5.82 Å². The minimum Gasteiger partial charge on any atom is -0.322 e. The van der Waals surface area contributed by atoms with E-state index >= 15 is 0 Å². The summed E-state index contributed by atoms with van der Waals surface area (Å²) >= 11 is 0. The molecular weight excluding hydrogens is 366 g/mol. The van der Waals surface area contributed by atoms with Crippen LogP contribution in [-0.4, -0.2) is 34.7 Å². The predicted molar refractivity (Wildman–Crippen MR) is 102 cm³/mol. The third kappa shape index (κ3) is 4.09. The number of carbonyl (C=O) groups excluding carboxylic acids is 1. The Balaban J connectivity index is 1.80. The molecule has 0 unspecified atom stereocenters. The van der Waals surface area contributed by atoms with Crippen molar-refractivity contribution in [3.8, 4) is 5.82 Å². The second kappa shape index (κ2) is 7.37. The van der Waals surface area contributed by atoms with Crippen LogP contribution in [0.5, 0.6) is 0 Å². The van der Waals surface area contributed by atoms with Gasteiger partial charge in [-0.2, -0.15) is 5.10 Å².